The predicted octanol–water partition coefficient (Wildman–Crippen LogP) is 2.95. The molecule has 0 spiro atoms. The molecule has 0 heterocycles. The number of Topliss-reactive ketones (excluding diaryl/α,β-unsaturated/α-hetero) is 1. The van der Waals surface area contributed by atoms with Crippen molar-refractivity contribution in [1.82, 2.24) is 0 Å². The van der Waals surface area contributed by atoms with Crippen LogP contribution in [0.3, 0.4) is 0 Å². The van der Waals surface area contributed by atoms with Crippen LogP contribution in [-0.4, -0.2) is 17.0 Å². The average Bonchev–Trinajstić information content (AvgIpc) is 2.23. The van der Waals surface area contributed by atoms with E-state index in [1.54, 1.807) is 0 Å². The van der Waals surface area contributed by atoms with Gasteiger partial charge in [-0.05, 0) is 31.1 Å². The Kier molecular flexibility index (Phi) is 3.19. The zero-order valence-electron chi connectivity index (χ0n) is 11.2. The largest absolute Gasteiger partial charge is 0.392 e. The van der Waals surface area contributed by atoms with Gasteiger partial charge < -0.3 is 5.11 Å². The highest BCUT2D eigenvalue weighted by Crippen LogP contribution is 2.52. The van der Waals surface area contributed by atoms with Crippen LogP contribution in [-0.2, 0) is 4.79 Å². The Bertz CT molecular complexity index is 345. The second-order valence-electron chi connectivity index (χ2n) is 6.41. The fourth-order valence-corrected chi connectivity index (χ4v) is 3.86. The number of fused-ring (bicyclic) bond motifs is 1. The van der Waals surface area contributed by atoms with Gasteiger partial charge in [-0.1, -0.05) is 32.9 Å². The summed E-state index contributed by atoms with van der Waals surface area (Å²) >= 11 is 0. The van der Waals surface area contributed by atoms with Gasteiger partial charge in [0.2, 0.25) is 0 Å². The summed E-state index contributed by atoms with van der Waals surface area (Å²) in [5, 5.41) is 10.6. The fraction of sp³-hybridized carbons (Fsp3) is 0.800. The highest BCUT2D eigenvalue weighted by molar-refractivity contribution is 5.87. The first-order valence-corrected chi connectivity index (χ1v) is 6.77. The standard InChI is InChI=1S/C15H24O2/c1-9(2)11-7-8-15(4)12(16)6-5-10(3)13(15)14(11)17/h9,11,13-14,17H,3,5-8H2,1-2,4H3/t11-,13+,14+,15-/m0/s1. The van der Waals surface area contributed by atoms with Crippen LogP contribution in [0.25, 0.3) is 0 Å². The van der Waals surface area contributed by atoms with E-state index in [-0.39, 0.29) is 17.4 Å². The van der Waals surface area contributed by atoms with Gasteiger partial charge in [-0.15, -0.1) is 0 Å². The highest BCUT2D eigenvalue weighted by Gasteiger charge is 2.53. The Labute approximate surface area is 104 Å². The lowest BCUT2D eigenvalue weighted by Crippen LogP contribution is -2.53. The van der Waals surface area contributed by atoms with Crippen molar-refractivity contribution < 1.29 is 9.90 Å². The maximum absolute atomic E-state index is 12.2. The van der Waals surface area contributed by atoms with Crippen LogP contribution in [0, 0.1) is 23.2 Å². The maximum Gasteiger partial charge on any atom is 0.139 e. The van der Waals surface area contributed by atoms with Crippen LogP contribution in [0.5, 0.6) is 0 Å². The third-order valence-electron chi connectivity index (χ3n) is 5.07. The van der Waals surface area contributed by atoms with E-state index in [4.69, 9.17) is 0 Å². The molecule has 2 aliphatic carbocycles. The van der Waals surface area contributed by atoms with E-state index < -0.39 is 0 Å². The summed E-state index contributed by atoms with van der Waals surface area (Å²) < 4.78 is 0. The van der Waals surface area contributed by atoms with Crippen molar-refractivity contribution in [3.8, 4) is 0 Å². The Hall–Kier alpha value is -0.630. The van der Waals surface area contributed by atoms with Crippen molar-refractivity contribution in [1.29, 1.82) is 0 Å². The molecule has 0 saturated heterocycles. The van der Waals surface area contributed by atoms with E-state index >= 15 is 0 Å². The van der Waals surface area contributed by atoms with Crippen LogP contribution in [0.2, 0.25) is 0 Å². The van der Waals surface area contributed by atoms with Crippen molar-refractivity contribution in [2.45, 2.75) is 52.6 Å². The van der Waals surface area contributed by atoms with Crippen molar-refractivity contribution in [2.24, 2.45) is 23.2 Å². The monoisotopic (exact) mass is 236 g/mol. The van der Waals surface area contributed by atoms with Gasteiger partial charge in [0.15, 0.2) is 0 Å². The Morgan fingerprint density at radius 2 is 2.06 bits per heavy atom. The lowest BCUT2D eigenvalue weighted by molar-refractivity contribution is -0.143. The Morgan fingerprint density at radius 3 is 2.65 bits per heavy atom. The first-order chi connectivity index (χ1) is 7.88. The molecule has 2 aliphatic rings. The number of hydrogen-bond donors (Lipinski definition) is 1. The smallest absolute Gasteiger partial charge is 0.139 e. The summed E-state index contributed by atoms with van der Waals surface area (Å²) in [6.45, 7) is 10.5. The van der Waals surface area contributed by atoms with E-state index in [9.17, 15) is 9.90 Å². The Balaban J connectivity index is 2.32. The minimum absolute atomic E-state index is 0.00935. The van der Waals surface area contributed by atoms with Gasteiger partial charge in [0.05, 0.1) is 6.10 Å². The highest BCUT2D eigenvalue weighted by atomic mass is 16.3. The van der Waals surface area contributed by atoms with Crippen LogP contribution < -0.4 is 0 Å². The van der Waals surface area contributed by atoms with Crippen molar-refractivity contribution >= 4 is 5.78 Å². The first-order valence-electron chi connectivity index (χ1n) is 6.77. The number of aliphatic hydroxyl groups is 1. The second-order valence-corrected chi connectivity index (χ2v) is 6.41. The zero-order chi connectivity index (χ0) is 12.8. The number of aliphatic hydroxyl groups excluding tert-OH is 1. The number of ketones is 1. The number of hydrogen-bond acceptors (Lipinski definition) is 2. The third-order valence-corrected chi connectivity index (χ3v) is 5.07. The summed E-state index contributed by atoms with van der Waals surface area (Å²) in [6, 6.07) is 0. The van der Waals surface area contributed by atoms with Crippen molar-refractivity contribution in [2.75, 3.05) is 0 Å². The maximum atomic E-state index is 12.2. The molecule has 2 rings (SSSR count). The normalized spacial score (nSPS) is 42.8. The van der Waals surface area contributed by atoms with E-state index in [1.807, 2.05) is 6.92 Å². The summed E-state index contributed by atoms with van der Waals surface area (Å²) in [4.78, 5) is 12.2. The van der Waals surface area contributed by atoms with Crippen molar-refractivity contribution in [3.63, 3.8) is 0 Å². The second kappa shape index (κ2) is 4.24. The molecule has 0 aromatic heterocycles. The quantitative estimate of drug-likeness (QED) is 0.711. The van der Waals surface area contributed by atoms with Gasteiger partial charge >= 0.3 is 0 Å². The third kappa shape index (κ3) is 1.87. The molecule has 0 aliphatic heterocycles. The molecule has 0 aromatic rings. The Morgan fingerprint density at radius 1 is 1.41 bits per heavy atom. The molecule has 0 bridgehead atoms. The molecule has 0 unspecified atom stereocenters. The average molecular weight is 236 g/mol. The van der Waals surface area contributed by atoms with E-state index in [0.29, 0.717) is 24.0 Å². The molecule has 96 valence electrons. The molecule has 0 aromatic carbocycles. The van der Waals surface area contributed by atoms with Crippen LogP contribution in [0.15, 0.2) is 12.2 Å². The van der Waals surface area contributed by atoms with E-state index in [0.717, 1.165) is 24.8 Å². The molecule has 0 radical (unpaired) electrons. The minimum atomic E-state index is -0.384. The van der Waals surface area contributed by atoms with Gasteiger partial charge in [0.1, 0.15) is 5.78 Å². The van der Waals surface area contributed by atoms with Gasteiger partial charge in [-0.25, -0.2) is 0 Å². The molecule has 2 nitrogen and oxygen atoms in total. The molecule has 2 heteroatoms. The van der Waals surface area contributed by atoms with Gasteiger partial charge in [0, 0.05) is 17.8 Å². The van der Waals surface area contributed by atoms with Gasteiger partial charge in [0.25, 0.3) is 0 Å². The van der Waals surface area contributed by atoms with Gasteiger partial charge in [-0.2, -0.15) is 0 Å². The predicted molar refractivity (Wildman–Crippen MR) is 68.5 cm³/mol. The van der Waals surface area contributed by atoms with E-state index in [2.05, 4.69) is 20.4 Å². The molecule has 0 amide bonds. The van der Waals surface area contributed by atoms with Crippen LogP contribution in [0.1, 0.15) is 46.5 Å². The first kappa shape index (κ1) is 12.8. The summed E-state index contributed by atoms with van der Waals surface area (Å²) in [7, 11) is 0. The van der Waals surface area contributed by atoms with Crippen LogP contribution in [0.4, 0.5) is 0 Å². The molecule has 2 saturated carbocycles. The number of carbonyl (C=O) groups is 1. The van der Waals surface area contributed by atoms with E-state index in [1.165, 1.54) is 0 Å². The molecular formula is C15H24O2. The molecular weight excluding hydrogens is 212 g/mol. The van der Waals surface area contributed by atoms with Crippen molar-refractivity contribution in [3.05, 3.63) is 12.2 Å². The fourth-order valence-electron chi connectivity index (χ4n) is 3.86. The summed E-state index contributed by atoms with van der Waals surface area (Å²) in [5.74, 6) is 1.11. The molecule has 4 atom stereocenters. The summed E-state index contributed by atoms with van der Waals surface area (Å²) in [5.41, 5.74) is 0.741. The lowest BCUT2D eigenvalue weighted by Gasteiger charge is -2.51. The topological polar surface area (TPSA) is 37.3 Å². The SMILES string of the molecule is C=C1CCC(=O)[C@]2(C)CC[C@@H](C(C)C)[C@@H](O)[C@@H]12. The zero-order valence-corrected chi connectivity index (χ0v) is 11.2. The number of rotatable bonds is 1. The number of carbonyl (C=O) groups excluding carboxylic acids is 1. The lowest BCUT2D eigenvalue weighted by atomic mass is 9.54. The van der Waals surface area contributed by atoms with Crippen LogP contribution >= 0.6 is 0 Å². The molecule has 1 N–H and O–H groups in total. The molecule has 17 heavy (non-hydrogen) atoms. The minimum Gasteiger partial charge on any atom is -0.392 e. The summed E-state index contributed by atoms with van der Waals surface area (Å²) in [6.07, 6.45) is 2.87. The molecule has 2 fully saturated rings. The van der Waals surface area contributed by atoms with Gasteiger partial charge in [-0.3, -0.25) is 4.79 Å².